The molecular weight excluding hydrogens is 276 g/mol. The van der Waals surface area contributed by atoms with Gasteiger partial charge in [-0.1, -0.05) is 19.1 Å². The summed E-state index contributed by atoms with van der Waals surface area (Å²) in [6, 6.07) is 11.0. The fourth-order valence-corrected chi connectivity index (χ4v) is 2.69. The highest BCUT2D eigenvalue weighted by molar-refractivity contribution is 7.98. The van der Waals surface area contributed by atoms with E-state index >= 15 is 0 Å². The number of rotatable bonds is 6. The molecule has 2 rings (SSSR count). The van der Waals surface area contributed by atoms with E-state index in [4.69, 9.17) is 11.6 Å². The van der Waals surface area contributed by atoms with Gasteiger partial charge in [0, 0.05) is 28.8 Å². The monoisotopic (exact) mass is 294 g/mol. The first-order valence-corrected chi connectivity index (χ1v) is 8.06. The molecule has 1 heterocycles. The van der Waals surface area contributed by atoms with Crippen LogP contribution in [0.2, 0.25) is 0 Å². The molecule has 0 aliphatic heterocycles. The van der Waals surface area contributed by atoms with Crippen molar-refractivity contribution in [1.29, 1.82) is 0 Å². The van der Waals surface area contributed by atoms with Crippen LogP contribution >= 0.6 is 23.4 Å². The summed E-state index contributed by atoms with van der Waals surface area (Å²) in [4.78, 5) is 1.26. The van der Waals surface area contributed by atoms with Crippen molar-refractivity contribution in [3.63, 3.8) is 0 Å². The van der Waals surface area contributed by atoms with Crippen molar-refractivity contribution in [1.82, 2.24) is 9.78 Å². The van der Waals surface area contributed by atoms with E-state index < -0.39 is 0 Å². The maximum absolute atomic E-state index is 5.78. The third-order valence-electron chi connectivity index (χ3n) is 3.17. The normalized spacial score (nSPS) is 12.6. The number of hydrogen-bond acceptors (Lipinski definition) is 2. The van der Waals surface area contributed by atoms with Gasteiger partial charge in [-0.05, 0) is 37.1 Å². The van der Waals surface area contributed by atoms with Crippen LogP contribution in [0.1, 0.15) is 37.6 Å². The van der Waals surface area contributed by atoms with E-state index in [1.807, 2.05) is 4.68 Å². The lowest BCUT2D eigenvalue weighted by Crippen LogP contribution is -2.04. The zero-order valence-corrected chi connectivity index (χ0v) is 12.9. The summed E-state index contributed by atoms with van der Waals surface area (Å²) in [5.74, 6) is 1.48. The Balaban J connectivity index is 1.92. The van der Waals surface area contributed by atoms with Gasteiger partial charge in [-0.2, -0.15) is 5.10 Å². The number of nitrogens with zero attached hydrogens (tertiary/aromatic N) is 2. The van der Waals surface area contributed by atoms with Crippen LogP contribution in [0, 0.1) is 0 Å². The van der Waals surface area contributed by atoms with E-state index in [0.29, 0.717) is 11.9 Å². The van der Waals surface area contributed by atoms with Crippen molar-refractivity contribution >= 4 is 23.4 Å². The third kappa shape index (κ3) is 4.02. The second kappa shape index (κ2) is 7.01. The van der Waals surface area contributed by atoms with E-state index in [-0.39, 0.29) is 0 Å². The zero-order chi connectivity index (χ0) is 13.7. The van der Waals surface area contributed by atoms with Crippen molar-refractivity contribution in [2.24, 2.45) is 0 Å². The Kier molecular flexibility index (Phi) is 5.34. The van der Waals surface area contributed by atoms with Gasteiger partial charge in [0.2, 0.25) is 0 Å². The van der Waals surface area contributed by atoms with Crippen LogP contribution in [0.3, 0.4) is 0 Å². The number of aromatic nitrogens is 2. The number of thioether (sulfide) groups is 1. The van der Waals surface area contributed by atoms with Gasteiger partial charge in [0.1, 0.15) is 0 Å². The average molecular weight is 295 g/mol. The lowest BCUT2D eigenvalue weighted by atomic mass is 10.2. The van der Waals surface area contributed by atoms with E-state index in [2.05, 4.69) is 55.5 Å². The van der Waals surface area contributed by atoms with Gasteiger partial charge in [0.05, 0.1) is 5.69 Å². The summed E-state index contributed by atoms with van der Waals surface area (Å²) < 4.78 is 2.05. The smallest absolute Gasteiger partial charge is 0.0727 e. The van der Waals surface area contributed by atoms with Crippen LogP contribution in [-0.4, -0.2) is 9.78 Å². The second-order valence-electron chi connectivity index (χ2n) is 4.61. The molecule has 2 nitrogen and oxygen atoms in total. The number of benzene rings is 1. The fraction of sp³-hybridized carbons (Fsp3) is 0.400. The highest BCUT2D eigenvalue weighted by atomic mass is 35.5. The Hall–Kier alpha value is -0.930. The van der Waals surface area contributed by atoms with Crippen LogP contribution in [0.5, 0.6) is 0 Å². The molecule has 0 fully saturated rings. The zero-order valence-electron chi connectivity index (χ0n) is 11.3. The minimum atomic E-state index is 0.474. The predicted octanol–water partition coefficient (Wildman–Crippen LogP) is 4.89. The van der Waals surface area contributed by atoms with Gasteiger partial charge in [-0.25, -0.2) is 0 Å². The SMILES string of the molecule is CCC(C)n1ccc(CSc2ccc(CCl)cc2)n1. The summed E-state index contributed by atoms with van der Waals surface area (Å²) in [6.45, 7) is 4.37. The molecular formula is C15H19ClN2S. The molecule has 1 atom stereocenters. The topological polar surface area (TPSA) is 17.8 Å². The first-order chi connectivity index (χ1) is 9.22. The first kappa shape index (κ1) is 14.5. The van der Waals surface area contributed by atoms with Crippen LogP contribution in [0.15, 0.2) is 41.4 Å². The standard InChI is InChI=1S/C15H19ClN2S/c1-3-12(2)18-9-8-14(17-18)11-19-15-6-4-13(10-16)5-7-15/h4-9,12H,3,10-11H2,1-2H3. The molecule has 1 aromatic carbocycles. The van der Waals surface area contributed by atoms with Crippen LogP contribution < -0.4 is 0 Å². The molecule has 19 heavy (non-hydrogen) atoms. The highest BCUT2D eigenvalue weighted by Gasteiger charge is 2.05. The van der Waals surface area contributed by atoms with Gasteiger partial charge in [0.15, 0.2) is 0 Å². The molecule has 1 unspecified atom stereocenters. The Morgan fingerprint density at radius 1 is 1.26 bits per heavy atom. The molecule has 0 amide bonds. The minimum Gasteiger partial charge on any atom is -0.270 e. The Morgan fingerprint density at radius 2 is 2.00 bits per heavy atom. The van der Waals surface area contributed by atoms with Gasteiger partial charge >= 0.3 is 0 Å². The Bertz CT molecular complexity index is 507. The molecule has 4 heteroatoms. The fourth-order valence-electron chi connectivity index (χ4n) is 1.72. The largest absolute Gasteiger partial charge is 0.270 e. The minimum absolute atomic E-state index is 0.474. The summed E-state index contributed by atoms with van der Waals surface area (Å²) in [5.41, 5.74) is 2.29. The van der Waals surface area contributed by atoms with Gasteiger partial charge in [0.25, 0.3) is 0 Å². The molecule has 0 saturated heterocycles. The molecule has 1 aromatic heterocycles. The van der Waals surface area contributed by atoms with Crippen molar-refractivity contribution < 1.29 is 0 Å². The third-order valence-corrected chi connectivity index (χ3v) is 4.52. The molecule has 0 spiro atoms. The van der Waals surface area contributed by atoms with Crippen molar-refractivity contribution in [3.8, 4) is 0 Å². The lowest BCUT2D eigenvalue weighted by Gasteiger charge is -2.08. The second-order valence-corrected chi connectivity index (χ2v) is 5.93. The molecule has 0 bridgehead atoms. The highest BCUT2D eigenvalue weighted by Crippen LogP contribution is 2.23. The summed E-state index contributed by atoms with van der Waals surface area (Å²) in [6.07, 6.45) is 3.18. The maximum atomic E-state index is 5.78. The molecule has 0 aliphatic rings. The number of hydrogen-bond donors (Lipinski definition) is 0. The quantitative estimate of drug-likeness (QED) is 0.558. The van der Waals surface area contributed by atoms with Gasteiger partial charge in [-0.3, -0.25) is 4.68 Å². The van der Waals surface area contributed by atoms with Crippen LogP contribution in [-0.2, 0) is 11.6 Å². The first-order valence-electron chi connectivity index (χ1n) is 6.54. The summed E-state index contributed by atoms with van der Waals surface area (Å²) in [7, 11) is 0. The summed E-state index contributed by atoms with van der Waals surface area (Å²) in [5, 5.41) is 4.60. The van der Waals surface area contributed by atoms with Crippen LogP contribution in [0.25, 0.3) is 0 Å². The van der Waals surface area contributed by atoms with Crippen molar-refractivity contribution in [2.45, 2.75) is 42.8 Å². The Labute approximate surface area is 124 Å². The molecule has 0 saturated carbocycles. The van der Waals surface area contributed by atoms with Crippen molar-refractivity contribution in [3.05, 3.63) is 47.8 Å². The number of halogens is 1. The molecule has 2 aromatic rings. The van der Waals surface area contributed by atoms with Crippen molar-refractivity contribution in [2.75, 3.05) is 0 Å². The van der Waals surface area contributed by atoms with Crippen LogP contribution in [0.4, 0.5) is 0 Å². The Morgan fingerprint density at radius 3 is 2.63 bits per heavy atom. The molecule has 102 valence electrons. The summed E-state index contributed by atoms with van der Waals surface area (Å²) >= 11 is 7.59. The van der Waals surface area contributed by atoms with E-state index in [1.165, 1.54) is 4.90 Å². The molecule has 0 N–H and O–H groups in total. The average Bonchev–Trinajstić information content (AvgIpc) is 2.93. The van der Waals surface area contributed by atoms with E-state index in [1.54, 1.807) is 11.8 Å². The molecule has 0 radical (unpaired) electrons. The number of alkyl halides is 1. The van der Waals surface area contributed by atoms with E-state index in [0.717, 1.165) is 23.4 Å². The molecule has 0 aliphatic carbocycles. The predicted molar refractivity (Wildman–Crippen MR) is 82.8 cm³/mol. The van der Waals surface area contributed by atoms with E-state index in [9.17, 15) is 0 Å². The maximum Gasteiger partial charge on any atom is 0.0727 e. The lowest BCUT2D eigenvalue weighted by molar-refractivity contribution is 0.475. The van der Waals surface area contributed by atoms with Gasteiger partial charge < -0.3 is 0 Å². The van der Waals surface area contributed by atoms with Gasteiger partial charge in [-0.15, -0.1) is 23.4 Å².